The van der Waals surface area contributed by atoms with E-state index in [2.05, 4.69) is 20.9 Å². The molecule has 2 N–H and O–H groups in total. The van der Waals surface area contributed by atoms with Crippen LogP contribution in [-0.2, 0) is 11.2 Å². The van der Waals surface area contributed by atoms with Crippen LogP contribution in [0.2, 0.25) is 0 Å². The average molecular weight is 457 g/mol. The Bertz CT molecular complexity index is 1190. The van der Waals surface area contributed by atoms with Gasteiger partial charge in [0.1, 0.15) is 17.3 Å². The van der Waals surface area contributed by atoms with Gasteiger partial charge in [-0.15, -0.1) is 0 Å². The van der Waals surface area contributed by atoms with E-state index in [4.69, 9.17) is 20.2 Å². The van der Waals surface area contributed by atoms with Crippen molar-refractivity contribution in [1.29, 1.82) is 5.26 Å². The number of fused-ring (bicyclic) bond motifs is 1. The van der Waals surface area contributed by atoms with Crippen LogP contribution in [0.3, 0.4) is 0 Å². The van der Waals surface area contributed by atoms with Gasteiger partial charge in [-0.2, -0.15) is 5.26 Å². The molecule has 174 valence electrons. The molecule has 0 saturated carbocycles. The largest absolute Gasteiger partial charge is 0.456 e. The summed E-state index contributed by atoms with van der Waals surface area (Å²) >= 11 is 0. The van der Waals surface area contributed by atoms with Crippen molar-refractivity contribution in [3.63, 3.8) is 0 Å². The van der Waals surface area contributed by atoms with E-state index in [0.717, 1.165) is 55.2 Å². The number of hydrogen-bond acceptors (Lipinski definition) is 8. The molecular weight excluding hydrogens is 428 g/mol. The lowest BCUT2D eigenvalue weighted by Crippen LogP contribution is -2.28. The predicted octanol–water partition coefficient (Wildman–Crippen LogP) is 3.63. The van der Waals surface area contributed by atoms with Crippen LogP contribution in [0.25, 0.3) is 11.4 Å². The Morgan fingerprint density at radius 2 is 2.06 bits per heavy atom. The summed E-state index contributed by atoms with van der Waals surface area (Å²) in [5.41, 5.74) is 8.70. The molecule has 2 saturated heterocycles. The van der Waals surface area contributed by atoms with E-state index < -0.39 is 0 Å². The van der Waals surface area contributed by atoms with E-state index in [1.54, 1.807) is 24.5 Å². The summed E-state index contributed by atoms with van der Waals surface area (Å²) < 4.78 is 12.3. The Hall–Kier alpha value is -3.54. The van der Waals surface area contributed by atoms with Crippen molar-refractivity contribution in [1.82, 2.24) is 15.0 Å². The fourth-order valence-corrected chi connectivity index (χ4v) is 4.69. The van der Waals surface area contributed by atoms with Crippen LogP contribution < -0.4 is 15.4 Å². The van der Waals surface area contributed by atoms with Gasteiger partial charge in [0.25, 0.3) is 0 Å². The summed E-state index contributed by atoms with van der Waals surface area (Å²) in [6.45, 7) is 5.14. The number of aryl methyl sites for hydroxylation is 1. The molecule has 4 heterocycles. The first-order chi connectivity index (χ1) is 16.6. The van der Waals surface area contributed by atoms with Crippen LogP contribution in [0.1, 0.15) is 29.7 Å². The topological polar surface area (TPSA) is 110 Å². The second kappa shape index (κ2) is 9.75. The number of aromatic nitrogens is 3. The first-order valence-electron chi connectivity index (χ1n) is 11.7. The molecule has 3 aromatic rings. The Labute approximate surface area is 199 Å². The van der Waals surface area contributed by atoms with E-state index >= 15 is 0 Å². The zero-order valence-electron chi connectivity index (χ0n) is 19.3. The minimum Gasteiger partial charge on any atom is -0.456 e. The number of pyridine rings is 1. The maximum atomic E-state index is 9.44. The summed E-state index contributed by atoms with van der Waals surface area (Å²) in [4.78, 5) is 16.0. The van der Waals surface area contributed by atoms with Crippen molar-refractivity contribution in [3.05, 3.63) is 59.5 Å². The molecule has 5 rings (SSSR count). The zero-order chi connectivity index (χ0) is 23.5. The molecule has 2 fully saturated rings. The number of nitriles is 1. The van der Waals surface area contributed by atoms with Crippen molar-refractivity contribution in [2.45, 2.75) is 32.3 Å². The second-order valence-electron chi connectivity index (χ2n) is 8.90. The lowest BCUT2D eigenvalue weighted by atomic mass is 9.98. The van der Waals surface area contributed by atoms with Crippen LogP contribution in [0, 0.1) is 24.2 Å². The highest BCUT2D eigenvalue weighted by Crippen LogP contribution is 2.36. The second-order valence-corrected chi connectivity index (χ2v) is 8.90. The van der Waals surface area contributed by atoms with Crippen molar-refractivity contribution in [3.8, 4) is 29.0 Å². The molecule has 34 heavy (non-hydrogen) atoms. The summed E-state index contributed by atoms with van der Waals surface area (Å²) in [5, 5.41) is 9.44. The van der Waals surface area contributed by atoms with Gasteiger partial charge in [-0.25, -0.2) is 15.0 Å². The van der Waals surface area contributed by atoms with Gasteiger partial charge >= 0.3 is 0 Å². The van der Waals surface area contributed by atoms with Crippen molar-refractivity contribution >= 4 is 5.82 Å². The highest BCUT2D eigenvalue weighted by atomic mass is 16.5. The van der Waals surface area contributed by atoms with Crippen LogP contribution in [0.5, 0.6) is 11.5 Å². The van der Waals surface area contributed by atoms with Crippen LogP contribution in [0.15, 0.2) is 42.7 Å². The Balaban J connectivity index is 1.44. The number of anilines is 1. The van der Waals surface area contributed by atoms with Gasteiger partial charge < -0.3 is 20.1 Å². The first kappa shape index (κ1) is 22.3. The Morgan fingerprint density at radius 1 is 1.21 bits per heavy atom. The molecule has 2 aliphatic rings. The summed E-state index contributed by atoms with van der Waals surface area (Å²) in [6.07, 6.45) is 6.88. The average Bonchev–Trinajstić information content (AvgIpc) is 3.29. The highest BCUT2D eigenvalue weighted by Gasteiger charge is 2.36. The van der Waals surface area contributed by atoms with Crippen molar-refractivity contribution in [2.75, 3.05) is 31.1 Å². The van der Waals surface area contributed by atoms with Crippen molar-refractivity contribution < 1.29 is 9.47 Å². The molecule has 0 aliphatic carbocycles. The predicted molar refractivity (Wildman–Crippen MR) is 129 cm³/mol. The zero-order valence-corrected chi connectivity index (χ0v) is 19.3. The lowest BCUT2D eigenvalue weighted by Gasteiger charge is -2.23. The molecule has 0 amide bonds. The minimum atomic E-state index is 0.277. The van der Waals surface area contributed by atoms with E-state index in [9.17, 15) is 5.26 Å². The normalized spacial score (nSPS) is 19.5. The molecule has 2 atom stereocenters. The number of nitrogens with two attached hydrogens (primary N) is 1. The standard InChI is InChI=1S/C26H28N6O2/c1-17-9-21(11-25(31-17)32-15-20-3-2-8-33-24(20)16-32)34-23-10-18(12-28)4-5-22(23)26-29-13-19(6-7-27)14-30-26/h4-5,9-11,13-14,20,24H,2-3,6-8,15-16,27H2,1H3. The molecular formula is C26H28N6O2. The number of ether oxygens (including phenoxy) is 2. The smallest absolute Gasteiger partial charge is 0.162 e. The van der Waals surface area contributed by atoms with Gasteiger partial charge in [-0.3, -0.25) is 0 Å². The van der Waals surface area contributed by atoms with Gasteiger partial charge in [0.2, 0.25) is 0 Å². The van der Waals surface area contributed by atoms with Gasteiger partial charge in [-0.1, -0.05) is 0 Å². The summed E-state index contributed by atoms with van der Waals surface area (Å²) in [6, 6.07) is 11.3. The summed E-state index contributed by atoms with van der Waals surface area (Å²) in [7, 11) is 0. The third-order valence-electron chi connectivity index (χ3n) is 6.39. The minimum absolute atomic E-state index is 0.277. The van der Waals surface area contributed by atoms with Gasteiger partial charge in [0.05, 0.1) is 23.3 Å². The van der Waals surface area contributed by atoms with Crippen LogP contribution >= 0.6 is 0 Å². The Kier molecular flexibility index (Phi) is 6.39. The number of rotatable bonds is 6. The van der Waals surface area contributed by atoms with Gasteiger partial charge in [0, 0.05) is 55.8 Å². The van der Waals surface area contributed by atoms with E-state index in [1.165, 1.54) is 6.42 Å². The lowest BCUT2D eigenvalue weighted by molar-refractivity contribution is 0.00105. The van der Waals surface area contributed by atoms with E-state index in [1.807, 2.05) is 25.1 Å². The maximum Gasteiger partial charge on any atom is 0.162 e. The summed E-state index contributed by atoms with van der Waals surface area (Å²) in [5.74, 6) is 3.16. The molecule has 0 radical (unpaired) electrons. The third kappa shape index (κ3) is 4.72. The van der Waals surface area contributed by atoms with Crippen LogP contribution in [-0.4, -0.2) is 47.3 Å². The highest BCUT2D eigenvalue weighted by molar-refractivity contribution is 5.66. The van der Waals surface area contributed by atoms with Crippen molar-refractivity contribution in [2.24, 2.45) is 11.7 Å². The molecule has 0 bridgehead atoms. The van der Waals surface area contributed by atoms with Crippen LogP contribution in [0.4, 0.5) is 5.82 Å². The molecule has 0 spiro atoms. The van der Waals surface area contributed by atoms with E-state index in [-0.39, 0.29) is 6.10 Å². The fourth-order valence-electron chi connectivity index (χ4n) is 4.69. The molecule has 2 unspecified atom stereocenters. The van der Waals surface area contributed by atoms with E-state index in [0.29, 0.717) is 35.3 Å². The maximum absolute atomic E-state index is 9.44. The SMILES string of the molecule is Cc1cc(Oc2cc(C#N)ccc2-c2ncc(CCN)cn2)cc(N2CC3CCCOC3C2)n1. The monoisotopic (exact) mass is 456 g/mol. The number of hydrogen-bond donors (Lipinski definition) is 1. The molecule has 2 aliphatic heterocycles. The molecule has 8 nitrogen and oxygen atoms in total. The number of benzene rings is 1. The van der Waals surface area contributed by atoms with Gasteiger partial charge in [-0.05, 0) is 56.5 Å². The Morgan fingerprint density at radius 3 is 2.82 bits per heavy atom. The quantitative estimate of drug-likeness (QED) is 0.599. The molecule has 1 aromatic carbocycles. The fraction of sp³-hybridized carbons (Fsp3) is 0.385. The first-order valence-corrected chi connectivity index (χ1v) is 11.7. The molecule has 2 aromatic heterocycles. The van der Waals surface area contributed by atoms with Gasteiger partial charge in [0.15, 0.2) is 5.82 Å². The third-order valence-corrected chi connectivity index (χ3v) is 6.39. The number of nitrogens with zero attached hydrogens (tertiary/aromatic N) is 5. The molecule has 8 heteroatoms.